The van der Waals surface area contributed by atoms with Gasteiger partial charge >= 0.3 is 0 Å². The minimum Gasteiger partial charge on any atom is -0.0656 e. The van der Waals surface area contributed by atoms with Gasteiger partial charge in [-0.15, -0.1) is 0 Å². The molecule has 0 heterocycles. The minimum absolute atomic E-state index is 0.153. The standard InChI is InChI=1S/C23H33Si/c1-15-11-12-20(18(4)21(15)23(5,6)7)19-13-16(2)22(17(3)14-19)24(8,9)10/h11,13-14H,1-10H3. The van der Waals surface area contributed by atoms with Crippen molar-refractivity contribution in [3.8, 4) is 11.1 Å². The molecule has 2 aromatic carbocycles. The lowest BCUT2D eigenvalue weighted by Gasteiger charge is -2.27. The summed E-state index contributed by atoms with van der Waals surface area (Å²) in [5.74, 6) is 0. The summed E-state index contributed by atoms with van der Waals surface area (Å²) in [4.78, 5) is 0. The highest BCUT2D eigenvalue weighted by Crippen LogP contribution is 2.35. The van der Waals surface area contributed by atoms with E-state index in [9.17, 15) is 0 Å². The molecule has 0 fully saturated rings. The second kappa shape index (κ2) is 6.18. The lowest BCUT2D eigenvalue weighted by molar-refractivity contribution is 0.582. The quantitative estimate of drug-likeness (QED) is 0.570. The molecule has 0 bridgehead atoms. The first-order valence-corrected chi connectivity index (χ1v) is 12.5. The van der Waals surface area contributed by atoms with E-state index in [1.54, 1.807) is 5.19 Å². The highest BCUT2D eigenvalue weighted by molar-refractivity contribution is 6.89. The van der Waals surface area contributed by atoms with Crippen molar-refractivity contribution in [2.24, 2.45) is 0 Å². The van der Waals surface area contributed by atoms with Gasteiger partial charge in [0.25, 0.3) is 0 Å². The van der Waals surface area contributed by atoms with Gasteiger partial charge in [-0.1, -0.05) is 74.9 Å². The molecule has 0 amide bonds. The summed E-state index contributed by atoms with van der Waals surface area (Å²) in [5, 5.41) is 1.60. The fourth-order valence-electron chi connectivity index (χ4n) is 4.53. The van der Waals surface area contributed by atoms with Gasteiger partial charge in [-0.2, -0.15) is 0 Å². The van der Waals surface area contributed by atoms with E-state index in [2.05, 4.69) is 92.4 Å². The lowest BCUT2D eigenvalue weighted by Crippen LogP contribution is -2.41. The Morgan fingerprint density at radius 2 is 1.33 bits per heavy atom. The average Bonchev–Trinajstić information content (AvgIpc) is 2.34. The largest absolute Gasteiger partial charge is 0.0782 e. The molecule has 0 saturated heterocycles. The molecule has 1 radical (unpaired) electrons. The smallest absolute Gasteiger partial charge is 0.0656 e. The van der Waals surface area contributed by atoms with E-state index < -0.39 is 8.07 Å². The Balaban J connectivity index is 2.71. The van der Waals surface area contributed by atoms with E-state index >= 15 is 0 Å². The van der Waals surface area contributed by atoms with Crippen molar-refractivity contribution in [3.05, 3.63) is 52.1 Å². The van der Waals surface area contributed by atoms with Crippen LogP contribution >= 0.6 is 0 Å². The molecule has 0 unspecified atom stereocenters. The molecule has 0 atom stereocenters. The first kappa shape index (κ1) is 19.0. The number of benzene rings is 2. The van der Waals surface area contributed by atoms with Gasteiger partial charge in [0, 0.05) is 0 Å². The second-order valence-electron chi connectivity index (χ2n) is 9.33. The van der Waals surface area contributed by atoms with Crippen LogP contribution in [0.2, 0.25) is 19.6 Å². The van der Waals surface area contributed by atoms with E-state index in [0.717, 1.165) is 0 Å². The average molecular weight is 338 g/mol. The van der Waals surface area contributed by atoms with Gasteiger partial charge in [0.1, 0.15) is 0 Å². The number of hydrogen-bond donors (Lipinski definition) is 0. The van der Waals surface area contributed by atoms with Crippen LogP contribution in [-0.4, -0.2) is 8.07 Å². The van der Waals surface area contributed by atoms with Crippen molar-refractivity contribution >= 4 is 13.3 Å². The molecule has 0 N–H and O–H groups in total. The summed E-state index contributed by atoms with van der Waals surface area (Å²) in [7, 11) is -1.32. The summed E-state index contributed by atoms with van der Waals surface area (Å²) in [6.07, 6.45) is 0. The Hall–Kier alpha value is -1.34. The summed E-state index contributed by atoms with van der Waals surface area (Å²) in [5.41, 5.74) is 9.79. The number of aryl methyl sites for hydroxylation is 3. The maximum absolute atomic E-state index is 3.56. The maximum Gasteiger partial charge on any atom is 0.0782 e. The van der Waals surface area contributed by atoms with Crippen LogP contribution in [0.1, 0.15) is 48.6 Å². The molecule has 2 aromatic rings. The van der Waals surface area contributed by atoms with Crippen LogP contribution in [0.15, 0.2) is 18.2 Å². The zero-order valence-electron chi connectivity index (χ0n) is 17.2. The molecular formula is C23H33Si. The zero-order valence-corrected chi connectivity index (χ0v) is 18.2. The molecule has 24 heavy (non-hydrogen) atoms. The zero-order chi connectivity index (χ0) is 18.4. The van der Waals surface area contributed by atoms with Gasteiger partial charge in [0.15, 0.2) is 0 Å². The topological polar surface area (TPSA) is 0 Å². The molecular weight excluding hydrogens is 304 g/mol. The third kappa shape index (κ3) is 3.51. The Morgan fingerprint density at radius 3 is 1.75 bits per heavy atom. The van der Waals surface area contributed by atoms with E-state index in [1.807, 2.05) is 0 Å². The summed E-state index contributed by atoms with van der Waals surface area (Å²) in [6, 6.07) is 10.5. The maximum atomic E-state index is 3.56. The fourth-order valence-corrected chi connectivity index (χ4v) is 7.04. The van der Waals surface area contributed by atoms with Gasteiger partial charge in [-0.05, 0) is 67.0 Å². The monoisotopic (exact) mass is 337 g/mol. The van der Waals surface area contributed by atoms with Crippen molar-refractivity contribution in [1.29, 1.82) is 0 Å². The normalized spacial score (nSPS) is 12.6. The molecule has 0 aliphatic carbocycles. The van der Waals surface area contributed by atoms with Crippen molar-refractivity contribution < 1.29 is 0 Å². The Bertz CT molecular complexity index is 745. The molecule has 2 rings (SSSR count). The van der Waals surface area contributed by atoms with Crippen molar-refractivity contribution in [2.75, 3.05) is 0 Å². The predicted octanol–water partition coefficient (Wildman–Crippen LogP) is 6.23. The fraction of sp³-hybridized carbons (Fsp3) is 0.478. The molecule has 0 aromatic heterocycles. The second-order valence-corrected chi connectivity index (χ2v) is 14.3. The Labute approximate surface area is 150 Å². The first-order valence-electron chi connectivity index (χ1n) is 8.98. The van der Waals surface area contributed by atoms with Crippen LogP contribution in [0.3, 0.4) is 0 Å². The molecule has 129 valence electrons. The van der Waals surface area contributed by atoms with E-state index in [-0.39, 0.29) is 5.41 Å². The third-order valence-electron chi connectivity index (χ3n) is 4.90. The van der Waals surface area contributed by atoms with Crippen LogP contribution in [0.5, 0.6) is 0 Å². The summed E-state index contributed by atoms with van der Waals surface area (Å²) >= 11 is 0. The lowest BCUT2D eigenvalue weighted by atomic mass is 9.79. The molecule has 0 nitrogen and oxygen atoms in total. The first-order chi connectivity index (χ1) is 10.8. The number of rotatable bonds is 2. The van der Waals surface area contributed by atoms with Gasteiger partial charge in [-0.3, -0.25) is 0 Å². The molecule has 1 heteroatoms. The highest BCUT2D eigenvalue weighted by atomic mass is 28.3. The third-order valence-corrected chi connectivity index (χ3v) is 7.19. The predicted molar refractivity (Wildman–Crippen MR) is 111 cm³/mol. The highest BCUT2D eigenvalue weighted by Gasteiger charge is 2.24. The van der Waals surface area contributed by atoms with Gasteiger partial charge in [0.2, 0.25) is 0 Å². The van der Waals surface area contributed by atoms with Crippen molar-refractivity contribution in [2.45, 2.75) is 73.5 Å². The summed E-state index contributed by atoms with van der Waals surface area (Å²) in [6.45, 7) is 23.2. The molecule has 0 saturated carbocycles. The summed E-state index contributed by atoms with van der Waals surface area (Å²) < 4.78 is 0. The van der Waals surface area contributed by atoms with Gasteiger partial charge in [0.05, 0.1) is 8.07 Å². The van der Waals surface area contributed by atoms with Crippen molar-refractivity contribution in [3.63, 3.8) is 0 Å². The van der Waals surface area contributed by atoms with Gasteiger partial charge in [-0.25, -0.2) is 0 Å². The van der Waals surface area contributed by atoms with E-state index in [4.69, 9.17) is 0 Å². The minimum atomic E-state index is -1.32. The molecule has 0 aliphatic rings. The molecule has 0 spiro atoms. The van der Waals surface area contributed by atoms with Crippen molar-refractivity contribution in [1.82, 2.24) is 0 Å². The Kier molecular flexibility index (Phi) is 4.89. The SMILES string of the molecule is Cc1c[c]c(-c2cc(C)c([Si](C)(C)C)c(C)c2)c(C)c1C(C)(C)C. The van der Waals surface area contributed by atoms with E-state index in [0.29, 0.717) is 0 Å². The van der Waals surface area contributed by atoms with Crippen LogP contribution in [0, 0.1) is 33.8 Å². The van der Waals surface area contributed by atoms with Crippen LogP contribution in [0.4, 0.5) is 0 Å². The van der Waals surface area contributed by atoms with Crippen LogP contribution in [0.25, 0.3) is 11.1 Å². The molecule has 0 aliphatic heterocycles. The number of hydrogen-bond acceptors (Lipinski definition) is 0. The van der Waals surface area contributed by atoms with Gasteiger partial charge < -0.3 is 0 Å². The van der Waals surface area contributed by atoms with Crippen LogP contribution in [-0.2, 0) is 5.41 Å². The van der Waals surface area contributed by atoms with Crippen LogP contribution < -0.4 is 5.19 Å². The van der Waals surface area contributed by atoms with E-state index in [1.165, 1.54) is 38.9 Å². The Morgan fingerprint density at radius 1 is 0.833 bits per heavy atom.